The molecule has 2 aliphatic heterocycles. The molecule has 0 aliphatic carbocycles. The first-order valence-electron chi connectivity index (χ1n) is 9.63. The first kappa shape index (κ1) is 17.7. The number of hydrogen-bond donors (Lipinski definition) is 1. The third kappa shape index (κ3) is 2.51. The summed E-state index contributed by atoms with van der Waals surface area (Å²) >= 11 is 0. The average Bonchev–Trinajstić information content (AvgIpc) is 3.29. The van der Waals surface area contributed by atoms with Gasteiger partial charge in [0.05, 0.1) is 12.0 Å². The Morgan fingerprint density at radius 3 is 2.79 bits per heavy atom. The zero-order chi connectivity index (χ0) is 20.3. The van der Waals surface area contributed by atoms with Crippen LogP contribution in [-0.2, 0) is 14.1 Å². The molecule has 3 aromatic rings. The largest absolute Gasteiger partial charge is 0.357 e. The van der Waals surface area contributed by atoms with E-state index in [-0.39, 0.29) is 17.5 Å². The van der Waals surface area contributed by atoms with Gasteiger partial charge in [-0.2, -0.15) is 4.98 Å². The van der Waals surface area contributed by atoms with Crippen LogP contribution in [0, 0.1) is 0 Å². The fraction of sp³-hybridized carbons (Fsp3) is 0.421. The van der Waals surface area contributed by atoms with Gasteiger partial charge in [0.2, 0.25) is 5.95 Å². The Hall–Kier alpha value is -3.43. The molecule has 0 unspecified atom stereocenters. The van der Waals surface area contributed by atoms with E-state index >= 15 is 0 Å². The normalized spacial score (nSPS) is 18.7. The molecule has 1 fully saturated rings. The number of anilines is 3. The Balaban J connectivity index is 1.73. The molecule has 0 radical (unpaired) electrons. The molecule has 0 bridgehead atoms. The van der Waals surface area contributed by atoms with Crippen molar-refractivity contribution in [2.45, 2.75) is 18.9 Å². The number of rotatable bonds is 2. The molecule has 1 N–H and O–H groups in total. The van der Waals surface area contributed by atoms with Gasteiger partial charge < -0.3 is 24.3 Å². The number of aryl methyl sites for hydroxylation is 2. The van der Waals surface area contributed by atoms with Gasteiger partial charge in [0.25, 0.3) is 11.5 Å². The molecule has 150 valence electrons. The first-order chi connectivity index (χ1) is 14.0. The molecule has 0 aromatic carbocycles. The van der Waals surface area contributed by atoms with E-state index in [2.05, 4.69) is 25.2 Å². The van der Waals surface area contributed by atoms with E-state index in [1.54, 1.807) is 29.8 Å². The Morgan fingerprint density at radius 2 is 2.00 bits per heavy atom. The highest BCUT2D eigenvalue weighted by Gasteiger charge is 2.38. The monoisotopic (exact) mass is 394 g/mol. The summed E-state index contributed by atoms with van der Waals surface area (Å²) in [4.78, 5) is 43.6. The van der Waals surface area contributed by atoms with E-state index in [0.717, 1.165) is 19.4 Å². The van der Waals surface area contributed by atoms with Crippen molar-refractivity contribution in [1.82, 2.24) is 24.1 Å². The topological polar surface area (TPSA) is 101 Å². The second-order valence-electron chi connectivity index (χ2n) is 7.57. The van der Waals surface area contributed by atoms with Gasteiger partial charge in [0.15, 0.2) is 0 Å². The van der Waals surface area contributed by atoms with Crippen molar-refractivity contribution in [2.24, 2.45) is 14.1 Å². The molecule has 3 aromatic heterocycles. The van der Waals surface area contributed by atoms with E-state index in [4.69, 9.17) is 0 Å². The highest BCUT2D eigenvalue weighted by molar-refractivity contribution is 6.13. The zero-order valence-corrected chi connectivity index (χ0v) is 16.6. The molecule has 10 heteroatoms. The molecule has 2 aliphatic rings. The van der Waals surface area contributed by atoms with Gasteiger partial charge in [-0.05, 0) is 12.8 Å². The molecule has 1 amide bonds. The van der Waals surface area contributed by atoms with Gasteiger partial charge in [0.1, 0.15) is 22.4 Å². The van der Waals surface area contributed by atoms with E-state index in [1.807, 2.05) is 13.2 Å². The lowest BCUT2D eigenvalue weighted by Crippen LogP contribution is -2.40. The van der Waals surface area contributed by atoms with Crippen molar-refractivity contribution in [3.8, 4) is 0 Å². The third-order valence-corrected chi connectivity index (χ3v) is 5.82. The van der Waals surface area contributed by atoms with Gasteiger partial charge >= 0.3 is 0 Å². The van der Waals surface area contributed by atoms with Crippen LogP contribution in [0.15, 0.2) is 23.5 Å². The fourth-order valence-electron chi connectivity index (χ4n) is 4.35. The fourth-order valence-corrected chi connectivity index (χ4v) is 4.35. The minimum absolute atomic E-state index is 0.135. The lowest BCUT2D eigenvalue weighted by Gasteiger charge is -2.26. The highest BCUT2D eigenvalue weighted by Crippen LogP contribution is 2.35. The summed E-state index contributed by atoms with van der Waals surface area (Å²) in [6.07, 6.45) is 6.88. The van der Waals surface area contributed by atoms with Crippen LogP contribution in [-0.4, -0.2) is 56.2 Å². The molecule has 0 spiro atoms. The maximum atomic E-state index is 13.6. The summed E-state index contributed by atoms with van der Waals surface area (Å²) in [7, 11) is 5.25. The Labute approximate surface area is 166 Å². The summed E-state index contributed by atoms with van der Waals surface area (Å²) in [6, 6.07) is 0.135. The lowest BCUT2D eigenvalue weighted by molar-refractivity contribution is 0.0988. The maximum Gasteiger partial charge on any atom is 0.264 e. The van der Waals surface area contributed by atoms with Crippen LogP contribution in [0.1, 0.15) is 23.2 Å². The summed E-state index contributed by atoms with van der Waals surface area (Å²) in [5.74, 6) is 0.944. The molecule has 5 rings (SSSR count). The standard InChI is InChI=1S/C19H22N8O2/c1-20-19-21-7-12-15(23-19)26-6-4-5-11(26)8-27(17(12)28)13-9-24(2)16-14(13)18(29)25(3)10-22-16/h7,9-11H,4-6,8H2,1-3H3,(H,20,21,23)/t11-/m0/s1. The first-order valence-corrected chi connectivity index (χ1v) is 9.63. The van der Waals surface area contributed by atoms with Crippen LogP contribution in [0.2, 0.25) is 0 Å². The molecule has 10 nitrogen and oxygen atoms in total. The van der Waals surface area contributed by atoms with Gasteiger partial charge in [-0.3, -0.25) is 9.59 Å². The second kappa shape index (κ2) is 6.29. The SMILES string of the molecule is CNc1ncc2c(n1)N1CCC[C@H]1CN(c1cn(C)c3ncn(C)c(=O)c13)C2=O. The Kier molecular flexibility index (Phi) is 3.83. The van der Waals surface area contributed by atoms with E-state index in [1.165, 1.54) is 10.9 Å². The Morgan fingerprint density at radius 1 is 1.17 bits per heavy atom. The number of nitrogens with zero attached hydrogens (tertiary/aromatic N) is 7. The van der Waals surface area contributed by atoms with Crippen molar-refractivity contribution in [2.75, 3.05) is 35.3 Å². The van der Waals surface area contributed by atoms with E-state index in [0.29, 0.717) is 40.6 Å². The average molecular weight is 394 g/mol. The summed E-state index contributed by atoms with van der Waals surface area (Å²) in [6.45, 7) is 1.33. The van der Waals surface area contributed by atoms with Crippen LogP contribution in [0.5, 0.6) is 0 Å². The van der Waals surface area contributed by atoms with Crippen LogP contribution in [0.25, 0.3) is 11.0 Å². The molecular formula is C19H22N8O2. The summed E-state index contributed by atoms with van der Waals surface area (Å²) < 4.78 is 3.23. The minimum atomic E-state index is -0.199. The van der Waals surface area contributed by atoms with E-state index < -0.39 is 0 Å². The molecule has 5 heterocycles. The van der Waals surface area contributed by atoms with Crippen LogP contribution in [0.4, 0.5) is 17.5 Å². The zero-order valence-electron chi connectivity index (χ0n) is 16.6. The van der Waals surface area contributed by atoms with Gasteiger partial charge in [-0.1, -0.05) is 0 Å². The van der Waals surface area contributed by atoms with Crippen molar-refractivity contribution < 1.29 is 4.79 Å². The lowest BCUT2D eigenvalue weighted by atomic mass is 10.2. The van der Waals surface area contributed by atoms with E-state index in [9.17, 15) is 9.59 Å². The predicted molar refractivity (Wildman–Crippen MR) is 110 cm³/mol. The third-order valence-electron chi connectivity index (χ3n) is 5.82. The van der Waals surface area contributed by atoms with Crippen molar-refractivity contribution in [1.29, 1.82) is 0 Å². The number of aromatic nitrogens is 5. The number of amides is 1. The number of carbonyl (C=O) groups is 1. The number of nitrogens with one attached hydrogen (secondary N) is 1. The molecule has 1 atom stereocenters. The molecule has 1 saturated heterocycles. The number of carbonyl (C=O) groups excluding carboxylic acids is 1. The van der Waals surface area contributed by atoms with Crippen molar-refractivity contribution >= 4 is 34.4 Å². The smallest absolute Gasteiger partial charge is 0.264 e. The predicted octanol–water partition coefficient (Wildman–Crippen LogP) is 0.733. The Bertz CT molecular complexity index is 1200. The van der Waals surface area contributed by atoms with Crippen LogP contribution < -0.4 is 20.7 Å². The maximum absolute atomic E-state index is 13.6. The van der Waals surface area contributed by atoms with Gasteiger partial charge in [-0.25, -0.2) is 9.97 Å². The van der Waals surface area contributed by atoms with Crippen LogP contribution >= 0.6 is 0 Å². The number of hydrogen-bond acceptors (Lipinski definition) is 7. The highest BCUT2D eigenvalue weighted by atomic mass is 16.2. The summed E-state index contributed by atoms with van der Waals surface area (Å²) in [5.41, 5.74) is 1.42. The molecule has 0 saturated carbocycles. The quantitative estimate of drug-likeness (QED) is 0.684. The minimum Gasteiger partial charge on any atom is -0.357 e. The number of fused-ring (bicyclic) bond motifs is 4. The second-order valence-corrected chi connectivity index (χ2v) is 7.57. The molecular weight excluding hydrogens is 372 g/mol. The van der Waals surface area contributed by atoms with Crippen molar-refractivity contribution in [3.63, 3.8) is 0 Å². The van der Waals surface area contributed by atoms with Crippen molar-refractivity contribution in [3.05, 3.63) is 34.6 Å². The molecule has 29 heavy (non-hydrogen) atoms. The van der Waals surface area contributed by atoms with Gasteiger partial charge in [0, 0.05) is 52.7 Å². The van der Waals surface area contributed by atoms with Gasteiger partial charge in [-0.15, -0.1) is 0 Å². The van der Waals surface area contributed by atoms with Crippen LogP contribution in [0.3, 0.4) is 0 Å². The summed E-state index contributed by atoms with van der Waals surface area (Å²) in [5, 5.41) is 3.40.